The Hall–Kier alpha value is -1.89. The number of hydrogen-bond acceptors (Lipinski definition) is 4. The summed E-state index contributed by atoms with van der Waals surface area (Å²) in [7, 11) is -3.18. The zero-order valence-electron chi connectivity index (χ0n) is 10.6. The van der Waals surface area contributed by atoms with Gasteiger partial charge in [-0.3, -0.25) is 4.79 Å². The fourth-order valence-corrected chi connectivity index (χ4v) is 1.98. The van der Waals surface area contributed by atoms with Crippen LogP contribution in [0.5, 0.6) is 0 Å². The SMILES string of the molecule is Cc1cc(C(=O)O)ccc1NC(=O)CCS(C)(=O)=O. The third-order valence-electron chi connectivity index (χ3n) is 2.45. The lowest BCUT2D eigenvalue weighted by molar-refractivity contribution is -0.115. The van der Waals surface area contributed by atoms with Crippen molar-refractivity contribution in [3.63, 3.8) is 0 Å². The molecule has 1 aromatic carbocycles. The Bertz CT molecular complexity index is 607. The number of nitrogens with one attached hydrogen (secondary N) is 1. The van der Waals surface area contributed by atoms with Crippen molar-refractivity contribution in [2.24, 2.45) is 0 Å². The number of aryl methyl sites for hydroxylation is 1. The quantitative estimate of drug-likeness (QED) is 0.842. The van der Waals surface area contributed by atoms with Crippen molar-refractivity contribution in [2.75, 3.05) is 17.3 Å². The summed E-state index contributed by atoms with van der Waals surface area (Å²) < 4.78 is 21.9. The van der Waals surface area contributed by atoms with Gasteiger partial charge in [-0.15, -0.1) is 0 Å². The maximum Gasteiger partial charge on any atom is 0.335 e. The summed E-state index contributed by atoms with van der Waals surface area (Å²) in [5.74, 6) is -1.68. The first-order chi connectivity index (χ1) is 8.69. The lowest BCUT2D eigenvalue weighted by Crippen LogP contribution is -2.17. The second kappa shape index (κ2) is 5.83. The molecule has 0 aliphatic rings. The number of carboxylic acids is 1. The van der Waals surface area contributed by atoms with Crippen LogP contribution in [0.15, 0.2) is 18.2 Å². The van der Waals surface area contributed by atoms with Crippen molar-refractivity contribution in [2.45, 2.75) is 13.3 Å². The second-order valence-electron chi connectivity index (χ2n) is 4.26. The van der Waals surface area contributed by atoms with Crippen LogP contribution < -0.4 is 5.32 Å². The molecule has 0 aliphatic carbocycles. The van der Waals surface area contributed by atoms with E-state index >= 15 is 0 Å². The number of aromatic carboxylic acids is 1. The van der Waals surface area contributed by atoms with Crippen molar-refractivity contribution in [1.82, 2.24) is 0 Å². The van der Waals surface area contributed by atoms with Crippen molar-refractivity contribution >= 4 is 27.4 Å². The molecule has 0 bridgehead atoms. The molecule has 7 heteroatoms. The summed E-state index contributed by atoms with van der Waals surface area (Å²) in [5, 5.41) is 11.4. The van der Waals surface area contributed by atoms with Crippen LogP contribution in [-0.2, 0) is 14.6 Å². The molecule has 0 unspecified atom stereocenters. The van der Waals surface area contributed by atoms with Crippen LogP contribution in [0.2, 0.25) is 0 Å². The second-order valence-corrected chi connectivity index (χ2v) is 6.52. The highest BCUT2D eigenvalue weighted by Gasteiger charge is 2.10. The van der Waals surface area contributed by atoms with E-state index in [2.05, 4.69) is 5.32 Å². The Labute approximate surface area is 111 Å². The Morgan fingerprint density at radius 1 is 1.32 bits per heavy atom. The van der Waals surface area contributed by atoms with Crippen LogP contribution >= 0.6 is 0 Å². The Morgan fingerprint density at radius 2 is 1.95 bits per heavy atom. The number of carboxylic acid groups (broad SMARTS) is 1. The molecule has 2 N–H and O–H groups in total. The molecular formula is C12H15NO5S. The summed E-state index contributed by atoms with van der Waals surface area (Å²) >= 11 is 0. The minimum Gasteiger partial charge on any atom is -0.478 e. The van der Waals surface area contributed by atoms with Crippen LogP contribution in [0.25, 0.3) is 0 Å². The highest BCUT2D eigenvalue weighted by atomic mass is 32.2. The predicted molar refractivity (Wildman–Crippen MR) is 71.1 cm³/mol. The Balaban J connectivity index is 2.72. The summed E-state index contributed by atoms with van der Waals surface area (Å²) in [6.07, 6.45) is 0.937. The number of hydrogen-bond donors (Lipinski definition) is 2. The van der Waals surface area contributed by atoms with Crippen molar-refractivity contribution in [1.29, 1.82) is 0 Å². The zero-order chi connectivity index (χ0) is 14.6. The molecule has 0 saturated heterocycles. The molecule has 19 heavy (non-hydrogen) atoms. The number of amides is 1. The third kappa shape index (κ3) is 5.09. The first kappa shape index (κ1) is 15.2. The number of anilines is 1. The van der Waals surface area contributed by atoms with Gasteiger partial charge in [0.05, 0.1) is 11.3 Å². The zero-order valence-corrected chi connectivity index (χ0v) is 11.5. The number of carbonyl (C=O) groups excluding carboxylic acids is 1. The molecule has 0 fully saturated rings. The molecule has 1 rings (SSSR count). The smallest absolute Gasteiger partial charge is 0.335 e. The lowest BCUT2D eigenvalue weighted by Gasteiger charge is -2.08. The highest BCUT2D eigenvalue weighted by molar-refractivity contribution is 7.90. The maximum atomic E-state index is 11.5. The van der Waals surface area contributed by atoms with Gasteiger partial charge in [-0.25, -0.2) is 13.2 Å². The molecule has 1 amide bonds. The standard InChI is InChI=1S/C12H15NO5S/c1-8-7-9(12(15)16)3-4-10(8)13-11(14)5-6-19(2,17)18/h3-4,7H,5-6H2,1-2H3,(H,13,14)(H,15,16). The van der Waals surface area contributed by atoms with E-state index in [0.29, 0.717) is 11.3 Å². The van der Waals surface area contributed by atoms with E-state index in [0.717, 1.165) is 6.26 Å². The van der Waals surface area contributed by atoms with Gasteiger partial charge in [-0.2, -0.15) is 0 Å². The van der Waals surface area contributed by atoms with Crippen LogP contribution in [0.1, 0.15) is 22.3 Å². The average molecular weight is 285 g/mol. The van der Waals surface area contributed by atoms with E-state index in [1.165, 1.54) is 18.2 Å². The summed E-state index contributed by atoms with van der Waals surface area (Å²) in [6, 6.07) is 4.30. The first-order valence-electron chi connectivity index (χ1n) is 5.50. The molecule has 1 aromatic rings. The number of benzene rings is 1. The normalized spacial score (nSPS) is 11.1. The van der Waals surface area contributed by atoms with E-state index in [1.54, 1.807) is 6.92 Å². The number of sulfone groups is 1. The number of rotatable bonds is 5. The Morgan fingerprint density at radius 3 is 2.42 bits per heavy atom. The molecule has 0 aliphatic heterocycles. The lowest BCUT2D eigenvalue weighted by atomic mass is 10.1. The molecule has 0 spiro atoms. The third-order valence-corrected chi connectivity index (χ3v) is 3.39. The molecule has 0 aromatic heterocycles. The van der Waals surface area contributed by atoms with E-state index in [4.69, 9.17) is 5.11 Å². The predicted octanol–water partition coefficient (Wildman–Crippen LogP) is 1.07. The van der Waals surface area contributed by atoms with Crippen LogP contribution in [-0.4, -0.2) is 37.4 Å². The highest BCUT2D eigenvalue weighted by Crippen LogP contribution is 2.16. The topological polar surface area (TPSA) is 101 Å². The van der Waals surface area contributed by atoms with Gasteiger partial charge in [0.1, 0.15) is 9.84 Å². The summed E-state index contributed by atoms with van der Waals surface area (Å²) in [6.45, 7) is 1.67. The minimum atomic E-state index is -3.18. The van der Waals surface area contributed by atoms with E-state index in [-0.39, 0.29) is 17.7 Å². The molecule has 104 valence electrons. The van der Waals surface area contributed by atoms with Crippen molar-refractivity contribution < 1.29 is 23.1 Å². The van der Waals surface area contributed by atoms with Gasteiger partial charge in [0.2, 0.25) is 5.91 Å². The average Bonchev–Trinajstić information content (AvgIpc) is 2.28. The Kier molecular flexibility index (Phi) is 4.66. The summed E-state index contributed by atoms with van der Waals surface area (Å²) in [5.41, 5.74) is 1.21. The van der Waals surface area contributed by atoms with Gasteiger partial charge < -0.3 is 10.4 Å². The molecule has 6 nitrogen and oxygen atoms in total. The molecule has 0 radical (unpaired) electrons. The van der Waals surface area contributed by atoms with Gasteiger partial charge in [0.25, 0.3) is 0 Å². The number of carbonyl (C=O) groups is 2. The molecule has 0 heterocycles. The van der Waals surface area contributed by atoms with Crippen molar-refractivity contribution in [3.8, 4) is 0 Å². The fraction of sp³-hybridized carbons (Fsp3) is 0.333. The minimum absolute atomic E-state index is 0.126. The van der Waals surface area contributed by atoms with E-state index in [9.17, 15) is 18.0 Å². The van der Waals surface area contributed by atoms with Crippen LogP contribution in [0.4, 0.5) is 5.69 Å². The largest absolute Gasteiger partial charge is 0.478 e. The van der Waals surface area contributed by atoms with Crippen LogP contribution in [0.3, 0.4) is 0 Å². The van der Waals surface area contributed by atoms with Crippen LogP contribution in [0, 0.1) is 6.92 Å². The fourth-order valence-electron chi connectivity index (χ4n) is 1.43. The van der Waals surface area contributed by atoms with E-state index < -0.39 is 21.7 Å². The van der Waals surface area contributed by atoms with Gasteiger partial charge in [0, 0.05) is 18.4 Å². The summed E-state index contributed by atoms with van der Waals surface area (Å²) in [4.78, 5) is 22.3. The van der Waals surface area contributed by atoms with Gasteiger partial charge >= 0.3 is 5.97 Å². The monoisotopic (exact) mass is 285 g/mol. The van der Waals surface area contributed by atoms with Gasteiger partial charge in [-0.05, 0) is 30.7 Å². The molecule has 0 saturated carbocycles. The van der Waals surface area contributed by atoms with Crippen molar-refractivity contribution in [3.05, 3.63) is 29.3 Å². The first-order valence-corrected chi connectivity index (χ1v) is 7.56. The maximum absolute atomic E-state index is 11.5. The van der Waals surface area contributed by atoms with E-state index in [1.807, 2.05) is 0 Å². The molecule has 0 atom stereocenters. The molecular weight excluding hydrogens is 270 g/mol. The van der Waals surface area contributed by atoms with Gasteiger partial charge in [0.15, 0.2) is 0 Å². The van der Waals surface area contributed by atoms with Gasteiger partial charge in [-0.1, -0.05) is 0 Å².